The number of aromatic nitrogens is 1. The molecular weight excluding hydrogens is 466 g/mol. The van der Waals surface area contributed by atoms with E-state index in [0.29, 0.717) is 10.6 Å². The van der Waals surface area contributed by atoms with E-state index in [0.717, 1.165) is 6.07 Å². The average molecular weight is 481 g/mol. The number of ketones is 1. The number of hydrogen-bond donors (Lipinski definition) is 0. The Balaban J connectivity index is 1.68. The zero-order valence-electron chi connectivity index (χ0n) is 15.9. The third-order valence-electron chi connectivity index (χ3n) is 4.70. The molecule has 1 aliphatic rings. The lowest BCUT2D eigenvalue weighted by Gasteiger charge is -2.30. The summed E-state index contributed by atoms with van der Waals surface area (Å²) in [6, 6.07) is 11.3. The SMILES string of the molecule is O=C(Cc1cnc2c(c1)N(S(=O)(=O)c1ccc(Cl)cc1)CCO2)c1c(F)cccc1Cl. The van der Waals surface area contributed by atoms with Gasteiger partial charge in [0.25, 0.3) is 10.0 Å². The summed E-state index contributed by atoms with van der Waals surface area (Å²) in [5.41, 5.74) is 0.375. The average Bonchev–Trinajstić information content (AvgIpc) is 2.73. The van der Waals surface area contributed by atoms with E-state index >= 15 is 0 Å². The predicted octanol–water partition coefficient (Wildman–Crippen LogP) is 4.54. The summed E-state index contributed by atoms with van der Waals surface area (Å²) in [5.74, 6) is -1.14. The Hall–Kier alpha value is -2.68. The minimum atomic E-state index is -3.91. The number of rotatable bonds is 5. The van der Waals surface area contributed by atoms with Gasteiger partial charge in [0.1, 0.15) is 18.1 Å². The van der Waals surface area contributed by atoms with Gasteiger partial charge in [-0.25, -0.2) is 17.8 Å². The fraction of sp³-hybridized carbons (Fsp3) is 0.143. The number of carbonyl (C=O) groups excluding carboxylic acids is 1. The zero-order valence-corrected chi connectivity index (χ0v) is 18.2. The Bertz CT molecular complexity index is 1250. The second kappa shape index (κ2) is 8.45. The fourth-order valence-electron chi connectivity index (χ4n) is 3.24. The molecule has 0 saturated heterocycles. The van der Waals surface area contributed by atoms with Crippen LogP contribution in [0.1, 0.15) is 15.9 Å². The van der Waals surface area contributed by atoms with Crippen molar-refractivity contribution in [3.63, 3.8) is 0 Å². The van der Waals surface area contributed by atoms with Crippen LogP contribution >= 0.6 is 23.2 Å². The third kappa shape index (κ3) is 4.23. The van der Waals surface area contributed by atoms with Gasteiger partial charge in [0, 0.05) is 17.6 Å². The van der Waals surface area contributed by atoms with Crippen molar-refractivity contribution in [1.82, 2.24) is 4.98 Å². The maximum Gasteiger partial charge on any atom is 0.264 e. The smallest absolute Gasteiger partial charge is 0.264 e. The number of anilines is 1. The highest BCUT2D eigenvalue weighted by Crippen LogP contribution is 2.35. The van der Waals surface area contributed by atoms with Gasteiger partial charge in [0.05, 0.1) is 22.0 Å². The molecule has 4 rings (SSSR count). The molecule has 0 atom stereocenters. The molecule has 0 amide bonds. The van der Waals surface area contributed by atoms with Crippen molar-refractivity contribution in [3.8, 4) is 5.88 Å². The van der Waals surface area contributed by atoms with Crippen LogP contribution in [0.25, 0.3) is 0 Å². The largest absolute Gasteiger partial charge is 0.474 e. The Kier molecular flexibility index (Phi) is 5.88. The van der Waals surface area contributed by atoms with E-state index in [1.807, 2.05) is 0 Å². The van der Waals surface area contributed by atoms with E-state index in [4.69, 9.17) is 27.9 Å². The second-order valence-corrected chi connectivity index (χ2v) is 9.45. The van der Waals surface area contributed by atoms with Crippen LogP contribution in [-0.2, 0) is 16.4 Å². The summed E-state index contributed by atoms with van der Waals surface area (Å²) in [7, 11) is -3.91. The van der Waals surface area contributed by atoms with Crippen LogP contribution in [0.2, 0.25) is 10.0 Å². The van der Waals surface area contributed by atoms with E-state index in [1.54, 1.807) is 0 Å². The van der Waals surface area contributed by atoms with Crippen LogP contribution in [0.15, 0.2) is 59.6 Å². The normalized spacial score (nSPS) is 13.5. The third-order valence-corrected chi connectivity index (χ3v) is 7.09. The van der Waals surface area contributed by atoms with E-state index < -0.39 is 21.6 Å². The lowest BCUT2D eigenvalue weighted by molar-refractivity contribution is 0.0989. The molecule has 0 spiro atoms. The molecular formula is C21H15Cl2FN2O4S. The molecule has 0 N–H and O–H groups in total. The first-order valence-corrected chi connectivity index (χ1v) is 11.3. The molecule has 31 heavy (non-hydrogen) atoms. The van der Waals surface area contributed by atoms with E-state index in [-0.39, 0.29) is 46.6 Å². The molecule has 6 nitrogen and oxygen atoms in total. The lowest BCUT2D eigenvalue weighted by Crippen LogP contribution is -2.38. The highest BCUT2D eigenvalue weighted by atomic mass is 35.5. The van der Waals surface area contributed by atoms with Gasteiger partial charge < -0.3 is 4.74 Å². The number of nitrogens with zero attached hydrogens (tertiary/aromatic N) is 2. The molecule has 2 heterocycles. The minimum absolute atomic E-state index is 0.00574. The highest BCUT2D eigenvalue weighted by Gasteiger charge is 2.31. The molecule has 0 radical (unpaired) electrons. The van der Waals surface area contributed by atoms with Gasteiger partial charge in [-0.1, -0.05) is 29.3 Å². The van der Waals surface area contributed by atoms with Crippen LogP contribution in [-0.4, -0.2) is 32.3 Å². The summed E-state index contributed by atoms with van der Waals surface area (Å²) in [4.78, 5) is 16.8. The van der Waals surface area contributed by atoms with Crippen molar-refractivity contribution >= 4 is 44.7 Å². The first kappa shape index (κ1) is 21.5. The molecule has 2 aromatic carbocycles. The highest BCUT2D eigenvalue weighted by molar-refractivity contribution is 7.92. The van der Waals surface area contributed by atoms with Gasteiger partial charge in [0.15, 0.2) is 5.78 Å². The van der Waals surface area contributed by atoms with Crippen molar-refractivity contribution in [2.45, 2.75) is 11.3 Å². The van der Waals surface area contributed by atoms with Gasteiger partial charge in [-0.05, 0) is 48.0 Å². The van der Waals surface area contributed by atoms with Crippen molar-refractivity contribution in [1.29, 1.82) is 0 Å². The lowest BCUT2D eigenvalue weighted by atomic mass is 10.0. The maximum atomic E-state index is 14.1. The minimum Gasteiger partial charge on any atom is -0.474 e. The van der Waals surface area contributed by atoms with Crippen LogP contribution in [0.4, 0.5) is 10.1 Å². The van der Waals surface area contributed by atoms with Crippen LogP contribution in [0.5, 0.6) is 5.88 Å². The standard InChI is InChI=1S/C21H15Cl2FN2O4S/c22-14-4-6-15(7-5-14)31(28,29)26-8-9-30-21-18(26)10-13(12-25-21)11-19(27)20-16(23)2-1-3-17(20)24/h1-7,10,12H,8-9,11H2. The predicted molar refractivity (Wildman–Crippen MR) is 115 cm³/mol. The van der Waals surface area contributed by atoms with Crippen molar-refractivity contribution < 1.29 is 22.3 Å². The Labute approximate surface area is 188 Å². The van der Waals surface area contributed by atoms with Gasteiger partial charge in [-0.15, -0.1) is 0 Å². The molecule has 0 bridgehead atoms. The summed E-state index contributed by atoms with van der Waals surface area (Å²) in [6.07, 6.45) is 1.18. The Morgan fingerprint density at radius 3 is 2.61 bits per heavy atom. The van der Waals surface area contributed by atoms with E-state index in [9.17, 15) is 17.6 Å². The molecule has 160 valence electrons. The molecule has 10 heteroatoms. The second-order valence-electron chi connectivity index (χ2n) is 6.74. The van der Waals surface area contributed by atoms with Gasteiger partial charge in [-0.3, -0.25) is 9.10 Å². The number of Topliss-reactive ketones (excluding diaryl/α,β-unsaturated/α-hetero) is 1. The number of sulfonamides is 1. The number of ether oxygens (including phenoxy) is 1. The number of hydrogen-bond acceptors (Lipinski definition) is 5. The Morgan fingerprint density at radius 1 is 1.16 bits per heavy atom. The van der Waals surface area contributed by atoms with Crippen LogP contribution < -0.4 is 9.04 Å². The van der Waals surface area contributed by atoms with E-state index in [1.165, 1.54) is 53.0 Å². The number of carbonyl (C=O) groups is 1. The van der Waals surface area contributed by atoms with Crippen molar-refractivity contribution in [3.05, 3.63) is 81.7 Å². The molecule has 0 fully saturated rings. The summed E-state index contributed by atoms with van der Waals surface area (Å²) in [5, 5.41) is 0.418. The molecule has 0 saturated carbocycles. The zero-order chi connectivity index (χ0) is 22.2. The van der Waals surface area contributed by atoms with Gasteiger partial charge in [-0.2, -0.15) is 0 Å². The first-order valence-electron chi connectivity index (χ1n) is 9.14. The maximum absolute atomic E-state index is 14.1. The number of halogens is 3. The number of fused-ring (bicyclic) bond motifs is 1. The molecule has 1 aromatic heterocycles. The molecule has 1 aliphatic heterocycles. The van der Waals surface area contributed by atoms with Gasteiger partial charge >= 0.3 is 0 Å². The van der Waals surface area contributed by atoms with Gasteiger partial charge in [0.2, 0.25) is 5.88 Å². The summed E-state index contributed by atoms with van der Waals surface area (Å²) in [6.45, 7) is 0.187. The topological polar surface area (TPSA) is 76.6 Å². The fourth-order valence-corrected chi connectivity index (χ4v) is 5.07. The van der Waals surface area contributed by atoms with Crippen LogP contribution in [0, 0.1) is 5.82 Å². The number of benzene rings is 2. The molecule has 3 aromatic rings. The first-order chi connectivity index (χ1) is 14.8. The van der Waals surface area contributed by atoms with Crippen LogP contribution in [0.3, 0.4) is 0 Å². The Morgan fingerprint density at radius 2 is 1.90 bits per heavy atom. The van der Waals surface area contributed by atoms with Crippen molar-refractivity contribution in [2.24, 2.45) is 0 Å². The number of pyridine rings is 1. The van der Waals surface area contributed by atoms with E-state index in [2.05, 4.69) is 4.98 Å². The monoisotopic (exact) mass is 480 g/mol. The summed E-state index contributed by atoms with van der Waals surface area (Å²) < 4.78 is 47.1. The van der Waals surface area contributed by atoms with Crippen molar-refractivity contribution in [2.75, 3.05) is 17.5 Å². The summed E-state index contributed by atoms with van der Waals surface area (Å²) >= 11 is 11.8. The molecule has 0 unspecified atom stereocenters. The quantitative estimate of drug-likeness (QED) is 0.501. The molecule has 0 aliphatic carbocycles.